The van der Waals surface area contributed by atoms with Gasteiger partial charge in [0.2, 0.25) is 0 Å². The highest BCUT2D eigenvalue weighted by atomic mass is 35.5. The van der Waals surface area contributed by atoms with Crippen LogP contribution in [0.1, 0.15) is 34.8 Å². The molecule has 7 rings (SSSR count). The van der Waals surface area contributed by atoms with Gasteiger partial charge in [0.05, 0.1) is 11.4 Å². The Morgan fingerprint density at radius 1 is 0.971 bits per heavy atom. The normalized spacial score (nSPS) is 19.6. The van der Waals surface area contributed by atoms with Crippen LogP contribution >= 0.6 is 11.6 Å². The molecule has 3 fully saturated rings. The molecular formula is C26H27ClN8. The Morgan fingerprint density at radius 3 is 2.51 bits per heavy atom. The molecule has 0 aliphatic carbocycles. The van der Waals surface area contributed by atoms with Crippen LogP contribution in [0, 0.1) is 13.8 Å². The zero-order valence-electron chi connectivity index (χ0n) is 19.8. The standard InChI is InChI=1S/C26H27ClN8/c1-16-7-20(9-21-8-17(2)32-33-21)31-26(30-16)19-4-6-25(29-12-19)34-14-22-10-23(15-34)35(22)13-18-3-5-24(27)28-11-18/h3-8,11-12,22-23H,9-10,13-15H2,1-2H3,(H,32,33). The topological polar surface area (TPSA) is 86.7 Å². The van der Waals surface area contributed by atoms with Gasteiger partial charge in [-0.1, -0.05) is 17.7 Å². The molecule has 2 unspecified atom stereocenters. The van der Waals surface area contributed by atoms with Crippen LogP contribution in [0.25, 0.3) is 11.4 Å². The molecule has 0 amide bonds. The number of H-pyrrole nitrogens is 1. The molecule has 3 aliphatic rings. The van der Waals surface area contributed by atoms with Gasteiger partial charge >= 0.3 is 0 Å². The summed E-state index contributed by atoms with van der Waals surface area (Å²) in [6.07, 6.45) is 5.68. The van der Waals surface area contributed by atoms with Gasteiger partial charge in [-0.15, -0.1) is 0 Å². The molecule has 2 bridgehead atoms. The second-order valence-corrected chi connectivity index (χ2v) is 9.95. The maximum Gasteiger partial charge on any atom is 0.161 e. The number of rotatable bonds is 6. The van der Waals surface area contributed by atoms with Gasteiger partial charge in [0.1, 0.15) is 11.0 Å². The van der Waals surface area contributed by atoms with Crippen molar-refractivity contribution >= 4 is 17.4 Å². The van der Waals surface area contributed by atoms with Gasteiger partial charge in [0.25, 0.3) is 0 Å². The van der Waals surface area contributed by atoms with E-state index in [1.165, 1.54) is 12.0 Å². The van der Waals surface area contributed by atoms with Gasteiger partial charge in [-0.2, -0.15) is 5.10 Å². The summed E-state index contributed by atoms with van der Waals surface area (Å²) >= 11 is 5.93. The summed E-state index contributed by atoms with van der Waals surface area (Å²) in [5, 5.41) is 7.86. The first kappa shape index (κ1) is 22.1. The SMILES string of the molecule is Cc1cc(Cc2cc(C)[nH]n2)nc(-c2ccc(N3CC4CC(C3)N4Cc3ccc(Cl)nc3)nc2)n1. The number of halogens is 1. The van der Waals surface area contributed by atoms with E-state index < -0.39 is 0 Å². The predicted octanol–water partition coefficient (Wildman–Crippen LogP) is 3.98. The molecule has 0 saturated carbocycles. The van der Waals surface area contributed by atoms with Crippen LogP contribution in [0.15, 0.2) is 48.8 Å². The van der Waals surface area contributed by atoms with Gasteiger partial charge < -0.3 is 4.90 Å². The van der Waals surface area contributed by atoms with E-state index in [4.69, 9.17) is 21.6 Å². The molecule has 0 radical (unpaired) electrons. The quantitative estimate of drug-likeness (QED) is 0.412. The van der Waals surface area contributed by atoms with Crippen molar-refractivity contribution in [2.45, 2.75) is 45.3 Å². The first-order valence-electron chi connectivity index (χ1n) is 11.9. The Balaban J connectivity index is 1.13. The summed E-state index contributed by atoms with van der Waals surface area (Å²) in [5.41, 5.74) is 6.05. The molecule has 3 aliphatic heterocycles. The van der Waals surface area contributed by atoms with Crippen LogP contribution in [0.5, 0.6) is 0 Å². The van der Waals surface area contributed by atoms with Crippen molar-refractivity contribution in [1.29, 1.82) is 0 Å². The fourth-order valence-corrected chi connectivity index (χ4v) is 5.26. The largest absolute Gasteiger partial charge is 0.353 e. The van der Waals surface area contributed by atoms with E-state index in [0.717, 1.165) is 53.8 Å². The molecule has 4 aromatic rings. The van der Waals surface area contributed by atoms with Gasteiger partial charge in [-0.3, -0.25) is 10.00 Å². The number of nitrogens with one attached hydrogen (secondary N) is 1. The molecule has 3 saturated heterocycles. The number of anilines is 1. The number of aromatic nitrogens is 6. The lowest BCUT2D eigenvalue weighted by molar-refractivity contribution is -0.00875. The summed E-state index contributed by atoms with van der Waals surface area (Å²) < 4.78 is 0. The Morgan fingerprint density at radius 2 is 1.83 bits per heavy atom. The molecule has 178 valence electrons. The maximum atomic E-state index is 5.93. The highest BCUT2D eigenvalue weighted by molar-refractivity contribution is 6.29. The zero-order chi connectivity index (χ0) is 23.9. The Kier molecular flexibility index (Phi) is 5.70. The first-order chi connectivity index (χ1) is 17.0. The smallest absolute Gasteiger partial charge is 0.161 e. The van der Waals surface area contributed by atoms with Crippen molar-refractivity contribution in [2.75, 3.05) is 18.0 Å². The Bertz CT molecular complexity index is 1320. The molecule has 35 heavy (non-hydrogen) atoms. The lowest BCUT2D eigenvalue weighted by atomic mass is 9.87. The van der Waals surface area contributed by atoms with E-state index in [0.29, 0.717) is 29.5 Å². The van der Waals surface area contributed by atoms with E-state index in [-0.39, 0.29) is 0 Å². The second kappa shape index (κ2) is 9.02. The molecule has 0 spiro atoms. The Hall–Kier alpha value is -3.36. The van der Waals surface area contributed by atoms with Crippen molar-refractivity contribution in [3.63, 3.8) is 0 Å². The average molecular weight is 487 g/mol. The van der Waals surface area contributed by atoms with E-state index in [9.17, 15) is 0 Å². The number of hydrogen-bond acceptors (Lipinski definition) is 7. The van der Waals surface area contributed by atoms with Gasteiger partial charge in [0, 0.05) is 67.5 Å². The average Bonchev–Trinajstić information content (AvgIpc) is 3.27. The predicted molar refractivity (Wildman–Crippen MR) is 135 cm³/mol. The fourth-order valence-electron chi connectivity index (χ4n) is 5.15. The van der Waals surface area contributed by atoms with Crippen LogP contribution in [-0.2, 0) is 13.0 Å². The lowest BCUT2D eigenvalue weighted by Crippen LogP contribution is -2.68. The number of piperazine rings is 1. The van der Waals surface area contributed by atoms with Crippen molar-refractivity contribution in [3.8, 4) is 11.4 Å². The highest BCUT2D eigenvalue weighted by Gasteiger charge is 2.44. The first-order valence-corrected chi connectivity index (χ1v) is 12.3. The van der Waals surface area contributed by atoms with Crippen LogP contribution < -0.4 is 4.90 Å². The lowest BCUT2D eigenvalue weighted by Gasteiger charge is -2.56. The number of aromatic amines is 1. The molecule has 1 N–H and O–H groups in total. The molecule has 2 atom stereocenters. The summed E-state index contributed by atoms with van der Waals surface area (Å²) in [4.78, 5) is 23.4. The van der Waals surface area contributed by atoms with Crippen LogP contribution in [0.2, 0.25) is 5.15 Å². The summed E-state index contributed by atoms with van der Waals surface area (Å²) in [5.74, 6) is 1.71. The molecule has 4 aromatic heterocycles. The molecule has 8 nitrogen and oxygen atoms in total. The number of hydrogen-bond donors (Lipinski definition) is 1. The van der Waals surface area contributed by atoms with Gasteiger partial charge in [-0.05, 0) is 56.2 Å². The van der Waals surface area contributed by atoms with Crippen molar-refractivity contribution in [1.82, 2.24) is 35.0 Å². The zero-order valence-corrected chi connectivity index (χ0v) is 20.6. The summed E-state index contributed by atoms with van der Waals surface area (Å²) in [6.45, 7) is 6.89. The van der Waals surface area contributed by atoms with Crippen LogP contribution in [-0.4, -0.2) is 60.2 Å². The van der Waals surface area contributed by atoms with Crippen molar-refractivity contribution in [2.24, 2.45) is 0 Å². The number of aryl methyl sites for hydroxylation is 2. The molecule has 0 aromatic carbocycles. The molecule has 7 heterocycles. The minimum Gasteiger partial charge on any atom is -0.353 e. The number of nitrogens with zero attached hydrogens (tertiary/aromatic N) is 7. The third-order valence-corrected chi connectivity index (χ3v) is 7.08. The highest BCUT2D eigenvalue weighted by Crippen LogP contribution is 2.35. The van der Waals surface area contributed by atoms with Crippen molar-refractivity contribution < 1.29 is 0 Å². The third kappa shape index (κ3) is 4.63. The van der Waals surface area contributed by atoms with Crippen molar-refractivity contribution in [3.05, 3.63) is 82.3 Å². The summed E-state index contributed by atoms with van der Waals surface area (Å²) in [6, 6.07) is 13.2. The number of piperidine rings is 1. The monoisotopic (exact) mass is 486 g/mol. The van der Waals surface area contributed by atoms with E-state index in [2.05, 4.69) is 48.2 Å². The van der Waals surface area contributed by atoms with Gasteiger partial charge in [0.15, 0.2) is 5.82 Å². The maximum absolute atomic E-state index is 5.93. The minimum atomic E-state index is 0.540. The molecule has 9 heteroatoms. The molecular weight excluding hydrogens is 460 g/mol. The van der Waals surface area contributed by atoms with E-state index in [1.54, 1.807) is 0 Å². The van der Waals surface area contributed by atoms with Crippen LogP contribution in [0.3, 0.4) is 0 Å². The van der Waals surface area contributed by atoms with Gasteiger partial charge in [-0.25, -0.2) is 19.9 Å². The minimum absolute atomic E-state index is 0.540. The fraction of sp³-hybridized carbons (Fsp3) is 0.346. The summed E-state index contributed by atoms with van der Waals surface area (Å²) in [7, 11) is 0. The van der Waals surface area contributed by atoms with E-state index in [1.807, 2.05) is 44.4 Å². The second-order valence-electron chi connectivity index (χ2n) is 9.56. The third-order valence-electron chi connectivity index (χ3n) is 6.86. The van der Waals surface area contributed by atoms with E-state index >= 15 is 0 Å². The number of fused-ring (bicyclic) bond motifs is 2. The van der Waals surface area contributed by atoms with Crippen LogP contribution in [0.4, 0.5) is 5.82 Å². The number of pyridine rings is 2. The Labute approximate surface area is 209 Å².